The molecule has 4 heteroatoms. The lowest BCUT2D eigenvalue weighted by molar-refractivity contribution is -0.218. The van der Waals surface area contributed by atoms with Crippen molar-refractivity contribution in [3.63, 3.8) is 0 Å². The standard InChI is InChI=1S/C15H17NO3/c17-15-9-8-14(13-7-4-10-19-16(13)15)18-11-12-5-2-1-3-6-12/h1-7,13-14H,8-11H2/t13-,14+/m0/s1. The molecule has 0 aliphatic carbocycles. The van der Waals surface area contributed by atoms with Crippen LogP contribution in [-0.4, -0.2) is 29.7 Å². The van der Waals surface area contributed by atoms with Crippen LogP contribution in [0.1, 0.15) is 18.4 Å². The minimum atomic E-state index is -0.0845. The van der Waals surface area contributed by atoms with Gasteiger partial charge < -0.3 is 4.74 Å². The quantitative estimate of drug-likeness (QED) is 0.780. The summed E-state index contributed by atoms with van der Waals surface area (Å²) in [5.74, 6) is 0.0499. The third kappa shape index (κ3) is 2.69. The Labute approximate surface area is 112 Å². The highest BCUT2D eigenvalue weighted by atomic mass is 16.7. The van der Waals surface area contributed by atoms with Crippen LogP contribution < -0.4 is 0 Å². The molecule has 0 spiro atoms. The molecule has 1 fully saturated rings. The first-order valence-corrected chi connectivity index (χ1v) is 6.62. The van der Waals surface area contributed by atoms with Crippen LogP contribution in [-0.2, 0) is 21.0 Å². The summed E-state index contributed by atoms with van der Waals surface area (Å²) in [4.78, 5) is 17.2. The maximum Gasteiger partial charge on any atom is 0.246 e. The molecule has 0 N–H and O–H groups in total. The van der Waals surface area contributed by atoms with Crippen molar-refractivity contribution in [1.82, 2.24) is 5.06 Å². The van der Waals surface area contributed by atoms with E-state index in [0.29, 0.717) is 19.6 Å². The van der Waals surface area contributed by atoms with E-state index in [-0.39, 0.29) is 18.1 Å². The molecule has 0 radical (unpaired) electrons. The fraction of sp³-hybridized carbons (Fsp3) is 0.400. The Morgan fingerprint density at radius 3 is 3.00 bits per heavy atom. The van der Waals surface area contributed by atoms with Crippen molar-refractivity contribution in [2.45, 2.75) is 31.6 Å². The SMILES string of the molecule is O=C1CC[C@@H](OCc2ccccc2)[C@@H]2C=CCON12. The van der Waals surface area contributed by atoms with Crippen LogP contribution >= 0.6 is 0 Å². The van der Waals surface area contributed by atoms with Crippen LogP contribution in [0, 0.1) is 0 Å². The van der Waals surface area contributed by atoms with Crippen molar-refractivity contribution in [2.24, 2.45) is 0 Å². The van der Waals surface area contributed by atoms with E-state index in [2.05, 4.69) is 0 Å². The fourth-order valence-electron chi connectivity index (χ4n) is 2.50. The number of rotatable bonds is 3. The van der Waals surface area contributed by atoms with E-state index in [9.17, 15) is 4.79 Å². The minimum absolute atomic E-state index is 0.00876. The number of hydroxylamine groups is 2. The Bertz CT molecular complexity index is 472. The maximum absolute atomic E-state index is 11.8. The van der Waals surface area contributed by atoms with Crippen LogP contribution in [0.2, 0.25) is 0 Å². The zero-order valence-electron chi connectivity index (χ0n) is 10.7. The Morgan fingerprint density at radius 1 is 1.32 bits per heavy atom. The first-order chi connectivity index (χ1) is 9.34. The van der Waals surface area contributed by atoms with Crippen LogP contribution in [0.4, 0.5) is 0 Å². The number of fused-ring (bicyclic) bond motifs is 1. The molecule has 1 amide bonds. The van der Waals surface area contributed by atoms with Gasteiger partial charge in [0, 0.05) is 6.42 Å². The van der Waals surface area contributed by atoms with Crippen LogP contribution in [0.25, 0.3) is 0 Å². The van der Waals surface area contributed by atoms with Gasteiger partial charge in [0.2, 0.25) is 5.91 Å². The smallest absolute Gasteiger partial charge is 0.246 e. The number of nitrogens with zero attached hydrogens (tertiary/aromatic N) is 1. The summed E-state index contributed by atoms with van der Waals surface area (Å²) < 4.78 is 5.96. The van der Waals surface area contributed by atoms with E-state index < -0.39 is 0 Å². The molecule has 2 aliphatic rings. The second-order valence-electron chi connectivity index (χ2n) is 4.81. The second-order valence-corrected chi connectivity index (χ2v) is 4.81. The molecule has 2 heterocycles. The van der Waals surface area contributed by atoms with E-state index in [1.165, 1.54) is 5.06 Å². The number of hydrogen-bond acceptors (Lipinski definition) is 3. The molecular formula is C15H17NO3. The first kappa shape index (κ1) is 12.4. The van der Waals surface area contributed by atoms with Crippen molar-refractivity contribution in [2.75, 3.05) is 6.61 Å². The van der Waals surface area contributed by atoms with Gasteiger partial charge >= 0.3 is 0 Å². The van der Waals surface area contributed by atoms with E-state index in [4.69, 9.17) is 9.57 Å². The van der Waals surface area contributed by atoms with Crippen molar-refractivity contribution in [1.29, 1.82) is 0 Å². The van der Waals surface area contributed by atoms with Crippen molar-refractivity contribution < 1.29 is 14.4 Å². The van der Waals surface area contributed by atoms with Crippen LogP contribution in [0.15, 0.2) is 42.5 Å². The van der Waals surface area contributed by atoms with E-state index >= 15 is 0 Å². The highest BCUT2D eigenvalue weighted by Gasteiger charge is 2.37. The summed E-state index contributed by atoms with van der Waals surface area (Å²) >= 11 is 0. The topological polar surface area (TPSA) is 38.8 Å². The average molecular weight is 259 g/mol. The predicted molar refractivity (Wildman–Crippen MR) is 70.0 cm³/mol. The summed E-state index contributed by atoms with van der Waals surface area (Å²) in [7, 11) is 0. The molecule has 3 rings (SSSR count). The van der Waals surface area contributed by atoms with E-state index in [1.807, 2.05) is 42.5 Å². The summed E-state index contributed by atoms with van der Waals surface area (Å²) in [6.07, 6.45) is 5.20. The van der Waals surface area contributed by atoms with Crippen LogP contribution in [0.3, 0.4) is 0 Å². The number of piperidine rings is 1. The molecule has 0 saturated carbocycles. The van der Waals surface area contributed by atoms with Gasteiger partial charge in [-0.15, -0.1) is 0 Å². The summed E-state index contributed by atoms with van der Waals surface area (Å²) in [6.45, 7) is 1.03. The highest BCUT2D eigenvalue weighted by molar-refractivity contribution is 5.76. The lowest BCUT2D eigenvalue weighted by Gasteiger charge is -2.39. The fourth-order valence-corrected chi connectivity index (χ4v) is 2.50. The number of benzene rings is 1. The second kappa shape index (κ2) is 5.55. The van der Waals surface area contributed by atoms with Gasteiger partial charge in [-0.05, 0) is 12.0 Å². The van der Waals surface area contributed by atoms with Gasteiger partial charge in [0.05, 0.1) is 19.3 Å². The van der Waals surface area contributed by atoms with Gasteiger partial charge in [0.25, 0.3) is 0 Å². The number of carbonyl (C=O) groups excluding carboxylic acids is 1. The van der Waals surface area contributed by atoms with Crippen LogP contribution in [0.5, 0.6) is 0 Å². The number of carbonyl (C=O) groups is 1. The largest absolute Gasteiger partial charge is 0.371 e. The van der Waals surface area contributed by atoms with E-state index in [1.54, 1.807) is 0 Å². The molecule has 1 aromatic carbocycles. The summed E-state index contributed by atoms with van der Waals surface area (Å²) in [5, 5.41) is 1.47. The molecule has 19 heavy (non-hydrogen) atoms. The van der Waals surface area contributed by atoms with E-state index in [0.717, 1.165) is 12.0 Å². The summed E-state index contributed by atoms with van der Waals surface area (Å²) in [5.41, 5.74) is 1.15. The Hall–Kier alpha value is -1.65. The molecule has 2 atom stereocenters. The molecule has 1 aromatic rings. The van der Waals surface area contributed by atoms with Gasteiger partial charge in [-0.1, -0.05) is 42.5 Å². The Kier molecular flexibility index (Phi) is 3.62. The molecule has 2 aliphatic heterocycles. The molecular weight excluding hydrogens is 242 g/mol. The zero-order chi connectivity index (χ0) is 13.1. The van der Waals surface area contributed by atoms with Gasteiger partial charge in [-0.2, -0.15) is 0 Å². The Balaban J connectivity index is 1.65. The zero-order valence-corrected chi connectivity index (χ0v) is 10.7. The molecule has 0 bridgehead atoms. The number of amides is 1. The molecule has 0 aromatic heterocycles. The molecule has 1 saturated heterocycles. The number of hydrogen-bond donors (Lipinski definition) is 0. The van der Waals surface area contributed by atoms with Crippen molar-refractivity contribution >= 4 is 5.91 Å². The maximum atomic E-state index is 11.8. The first-order valence-electron chi connectivity index (χ1n) is 6.62. The highest BCUT2D eigenvalue weighted by Crippen LogP contribution is 2.25. The van der Waals surface area contributed by atoms with Gasteiger partial charge in [0.15, 0.2) is 0 Å². The third-order valence-electron chi connectivity index (χ3n) is 3.49. The normalized spacial score (nSPS) is 26.3. The molecule has 100 valence electrons. The van der Waals surface area contributed by atoms with Gasteiger partial charge in [0.1, 0.15) is 6.04 Å². The minimum Gasteiger partial charge on any atom is -0.371 e. The van der Waals surface area contributed by atoms with Crippen molar-refractivity contribution in [3.05, 3.63) is 48.0 Å². The lowest BCUT2D eigenvalue weighted by atomic mass is 9.99. The predicted octanol–water partition coefficient (Wildman–Crippen LogP) is 2.06. The molecule has 4 nitrogen and oxygen atoms in total. The van der Waals surface area contributed by atoms with Crippen molar-refractivity contribution in [3.8, 4) is 0 Å². The monoisotopic (exact) mass is 259 g/mol. The Morgan fingerprint density at radius 2 is 2.16 bits per heavy atom. The third-order valence-corrected chi connectivity index (χ3v) is 3.49. The lowest BCUT2D eigenvalue weighted by Crippen LogP contribution is -2.52. The molecule has 0 unspecified atom stereocenters. The summed E-state index contributed by atoms with van der Waals surface area (Å²) in [6, 6.07) is 9.98. The average Bonchev–Trinajstić information content (AvgIpc) is 2.48. The number of ether oxygens (including phenoxy) is 1. The van der Waals surface area contributed by atoms with Gasteiger partial charge in [-0.3, -0.25) is 9.63 Å². The van der Waals surface area contributed by atoms with Gasteiger partial charge in [-0.25, -0.2) is 5.06 Å².